The van der Waals surface area contributed by atoms with Gasteiger partial charge in [-0.25, -0.2) is 0 Å². The zero-order valence-corrected chi connectivity index (χ0v) is 13.7. The highest BCUT2D eigenvalue weighted by atomic mass is 35.5. The van der Waals surface area contributed by atoms with Crippen LogP contribution in [0.2, 0.25) is 5.02 Å². The molecule has 0 saturated carbocycles. The van der Waals surface area contributed by atoms with E-state index in [9.17, 15) is 0 Å². The first-order valence-electron chi connectivity index (χ1n) is 7.28. The van der Waals surface area contributed by atoms with E-state index in [1.54, 1.807) is 13.2 Å². The molecule has 0 atom stereocenters. The van der Waals surface area contributed by atoms with Crippen LogP contribution >= 0.6 is 11.6 Å². The van der Waals surface area contributed by atoms with Gasteiger partial charge in [0.15, 0.2) is 11.5 Å². The Balaban J connectivity index is 2.77. The number of methoxy groups -OCH3 is 1. The summed E-state index contributed by atoms with van der Waals surface area (Å²) in [7, 11) is 1.64. The summed E-state index contributed by atoms with van der Waals surface area (Å²) in [5.41, 5.74) is 1.05. The summed E-state index contributed by atoms with van der Waals surface area (Å²) in [4.78, 5) is 0. The van der Waals surface area contributed by atoms with Crippen LogP contribution in [0.1, 0.15) is 39.2 Å². The molecule has 4 heteroatoms. The minimum Gasteiger partial charge on any atom is -0.493 e. The standard InChI is InChI=1S/C16H26ClNO2/c1-5-8-20-16-13(11-18-7-6-12(2)3)9-14(17)10-15(16)19-4/h9-10,12,18H,5-8,11H2,1-4H3. The predicted molar refractivity (Wildman–Crippen MR) is 85.0 cm³/mol. The molecule has 0 fully saturated rings. The van der Waals surface area contributed by atoms with Crippen LogP contribution in [0.3, 0.4) is 0 Å². The van der Waals surface area contributed by atoms with Crippen molar-refractivity contribution < 1.29 is 9.47 Å². The smallest absolute Gasteiger partial charge is 0.165 e. The van der Waals surface area contributed by atoms with Gasteiger partial charge in [-0.1, -0.05) is 32.4 Å². The van der Waals surface area contributed by atoms with E-state index in [1.807, 2.05) is 6.07 Å². The van der Waals surface area contributed by atoms with Gasteiger partial charge in [0.05, 0.1) is 13.7 Å². The summed E-state index contributed by atoms with van der Waals surface area (Å²) in [6.45, 7) is 8.93. The van der Waals surface area contributed by atoms with Gasteiger partial charge >= 0.3 is 0 Å². The number of benzene rings is 1. The number of hydrogen-bond acceptors (Lipinski definition) is 3. The molecule has 0 bridgehead atoms. The average Bonchev–Trinajstić information content (AvgIpc) is 2.41. The summed E-state index contributed by atoms with van der Waals surface area (Å²) in [5, 5.41) is 4.11. The van der Waals surface area contributed by atoms with Crippen LogP contribution in [-0.4, -0.2) is 20.3 Å². The van der Waals surface area contributed by atoms with E-state index < -0.39 is 0 Å². The Labute approximate surface area is 127 Å². The second kappa shape index (κ2) is 9.09. The number of rotatable bonds is 9. The SMILES string of the molecule is CCCOc1c(CNCCC(C)C)cc(Cl)cc1OC. The summed E-state index contributed by atoms with van der Waals surface area (Å²) >= 11 is 6.13. The quantitative estimate of drug-likeness (QED) is 0.691. The first-order valence-corrected chi connectivity index (χ1v) is 7.66. The largest absolute Gasteiger partial charge is 0.493 e. The van der Waals surface area contributed by atoms with Gasteiger partial charge in [0.2, 0.25) is 0 Å². The third-order valence-electron chi connectivity index (χ3n) is 2.98. The van der Waals surface area contributed by atoms with Crippen molar-refractivity contribution in [3.8, 4) is 11.5 Å². The average molecular weight is 300 g/mol. The zero-order valence-electron chi connectivity index (χ0n) is 13.0. The summed E-state index contributed by atoms with van der Waals surface area (Å²) in [5.74, 6) is 2.20. The molecule has 1 N–H and O–H groups in total. The van der Waals surface area contributed by atoms with Crippen molar-refractivity contribution in [1.29, 1.82) is 0 Å². The minimum absolute atomic E-state index is 0.673. The molecule has 0 saturated heterocycles. The molecule has 0 aromatic heterocycles. The Morgan fingerprint density at radius 1 is 1.30 bits per heavy atom. The molecule has 20 heavy (non-hydrogen) atoms. The highest BCUT2D eigenvalue weighted by molar-refractivity contribution is 6.30. The van der Waals surface area contributed by atoms with Gasteiger partial charge in [-0.3, -0.25) is 0 Å². The van der Waals surface area contributed by atoms with E-state index in [4.69, 9.17) is 21.1 Å². The molecule has 114 valence electrons. The second-order valence-corrected chi connectivity index (χ2v) is 5.74. The third kappa shape index (κ3) is 5.59. The van der Waals surface area contributed by atoms with Crippen LogP contribution < -0.4 is 14.8 Å². The molecular formula is C16H26ClNO2. The van der Waals surface area contributed by atoms with Crippen molar-refractivity contribution in [2.75, 3.05) is 20.3 Å². The highest BCUT2D eigenvalue weighted by Gasteiger charge is 2.12. The molecule has 0 aliphatic carbocycles. The van der Waals surface area contributed by atoms with Crippen molar-refractivity contribution in [3.05, 3.63) is 22.7 Å². The molecule has 1 rings (SSSR count). The Morgan fingerprint density at radius 3 is 2.65 bits per heavy atom. The topological polar surface area (TPSA) is 30.5 Å². The Morgan fingerprint density at radius 2 is 2.05 bits per heavy atom. The van der Waals surface area contributed by atoms with E-state index in [2.05, 4.69) is 26.1 Å². The maximum Gasteiger partial charge on any atom is 0.165 e. The maximum absolute atomic E-state index is 6.13. The first kappa shape index (κ1) is 17.1. The van der Waals surface area contributed by atoms with Crippen molar-refractivity contribution in [2.24, 2.45) is 5.92 Å². The summed E-state index contributed by atoms with van der Waals surface area (Å²) in [6.07, 6.45) is 2.12. The number of nitrogens with one attached hydrogen (secondary N) is 1. The van der Waals surface area contributed by atoms with Gasteiger partial charge in [0, 0.05) is 23.2 Å². The number of halogens is 1. The van der Waals surface area contributed by atoms with Crippen molar-refractivity contribution in [2.45, 2.75) is 40.2 Å². The fourth-order valence-electron chi connectivity index (χ4n) is 1.89. The molecule has 0 amide bonds. The van der Waals surface area contributed by atoms with E-state index in [0.29, 0.717) is 23.3 Å². The van der Waals surface area contributed by atoms with Crippen molar-refractivity contribution in [3.63, 3.8) is 0 Å². The second-order valence-electron chi connectivity index (χ2n) is 5.30. The lowest BCUT2D eigenvalue weighted by molar-refractivity contribution is 0.290. The lowest BCUT2D eigenvalue weighted by Gasteiger charge is -2.16. The minimum atomic E-state index is 0.673. The Bertz CT molecular complexity index is 408. The molecule has 0 aliphatic heterocycles. The molecule has 0 spiro atoms. The van der Waals surface area contributed by atoms with Crippen LogP contribution in [0.5, 0.6) is 11.5 Å². The van der Waals surface area contributed by atoms with Gasteiger partial charge in [-0.2, -0.15) is 0 Å². The first-order chi connectivity index (χ1) is 9.58. The van der Waals surface area contributed by atoms with Crippen molar-refractivity contribution >= 4 is 11.6 Å². The van der Waals surface area contributed by atoms with E-state index >= 15 is 0 Å². The molecule has 1 aromatic carbocycles. The summed E-state index contributed by atoms with van der Waals surface area (Å²) < 4.78 is 11.2. The molecule has 0 unspecified atom stereocenters. The Kier molecular flexibility index (Phi) is 7.78. The van der Waals surface area contributed by atoms with Crippen LogP contribution in [0.25, 0.3) is 0 Å². The van der Waals surface area contributed by atoms with Crippen LogP contribution in [0, 0.1) is 5.92 Å². The maximum atomic E-state index is 6.13. The van der Waals surface area contributed by atoms with Crippen LogP contribution in [-0.2, 0) is 6.54 Å². The summed E-state index contributed by atoms with van der Waals surface area (Å²) in [6, 6.07) is 3.74. The van der Waals surface area contributed by atoms with Crippen LogP contribution in [0.15, 0.2) is 12.1 Å². The normalized spacial score (nSPS) is 10.9. The lowest BCUT2D eigenvalue weighted by atomic mass is 10.1. The van der Waals surface area contributed by atoms with E-state index in [0.717, 1.165) is 37.2 Å². The zero-order chi connectivity index (χ0) is 15.0. The molecule has 0 heterocycles. The predicted octanol–water partition coefficient (Wildman–Crippen LogP) is 4.27. The highest BCUT2D eigenvalue weighted by Crippen LogP contribution is 2.34. The fourth-order valence-corrected chi connectivity index (χ4v) is 2.12. The monoisotopic (exact) mass is 299 g/mol. The van der Waals surface area contributed by atoms with Gasteiger partial charge in [-0.15, -0.1) is 0 Å². The molecule has 3 nitrogen and oxygen atoms in total. The number of ether oxygens (including phenoxy) is 2. The van der Waals surface area contributed by atoms with Gasteiger partial charge < -0.3 is 14.8 Å². The lowest BCUT2D eigenvalue weighted by Crippen LogP contribution is -2.17. The van der Waals surface area contributed by atoms with E-state index in [1.165, 1.54) is 0 Å². The Hall–Kier alpha value is -0.930. The van der Waals surface area contributed by atoms with Crippen LogP contribution in [0.4, 0.5) is 0 Å². The molecular weight excluding hydrogens is 274 g/mol. The van der Waals surface area contributed by atoms with E-state index in [-0.39, 0.29) is 0 Å². The number of hydrogen-bond donors (Lipinski definition) is 1. The molecule has 1 aromatic rings. The van der Waals surface area contributed by atoms with Gasteiger partial charge in [0.1, 0.15) is 0 Å². The third-order valence-corrected chi connectivity index (χ3v) is 3.20. The van der Waals surface area contributed by atoms with Gasteiger partial charge in [0.25, 0.3) is 0 Å². The van der Waals surface area contributed by atoms with Gasteiger partial charge in [-0.05, 0) is 31.4 Å². The molecule has 0 aliphatic rings. The molecule has 0 radical (unpaired) electrons. The van der Waals surface area contributed by atoms with Crippen molar-refractivity contribution in [1.82, 2.24) is 5.32 Å². The fraction of sp³-hybridized carbons (Fsp3) is 0.625.